The lowest BCUT2D eigenvalue weighted by atomic mass is 10.2. The molecule has 24 heavy (non-hydrogen) atoms. The largest absolute Gasteiger partial charge is 0.135 e. The lowest BCUT2D eigenvalue weighted by Gasteiger charge is -2.22. The highest BCUT2D eigenvalue weighted by Crippen LogP contribution is 2.10. The van der Waals surface area contributed by atoms with Crippen LogP contribution in [0.2, 0.25) is 5.02 Å². The van der Waals surface area contributed by atoms with Gasteiger partial charge in [0.15, 0.2) is 0 Å². The molecule has 1 unspecified atom stereocenters. The highest BCUT2D eigenvalue weighted by Gasteiger charge is 2.23. The first-order valence-electron chi connectivity index (χ1n) is 8.35. The zero-order valence-corrected chi connectivity index (χ0v) is 16.6. The van der Waals surface area contributed by atoms with Gasteiger partial charge in [-0.1, -0.05) is 93.6 Å². The van der Waals surface area contributed by atoms with Crippen LogP contribution < -0.4 is 15.6 Å². The summed E-state index contributed by atoms with van der Waals surface area (Å²) in [5, 5.41) is 5.09. The standard InChI is InChI=1S/C22H23ClSi/c1-15-9-10-18(4)22(14-15)24(21-8-6-5-7-20(21)23)19-12-16(2)11-17(3)13-19/h5-14,24H,1-4H3. The number of hydrogen-bond acceptors (Lipinski definition) is 0. The van der Waals surface area contributed by atoms with Crippen molar-refractivity contribution >= 4 is 36.0 Å². The Labute approximate surface area is 151 Å². The van der Waals surface area contributed by atoms with E-state index in [1.807, 2.05) is 12.1 Å². The minimum atomic E-state index is -1.60. The third-order valence-electron chi connectivity index (χ3n) is 4.54. The zero-order chi connectivity index (χ0) is 17.3. The molecule has 122 valence electrons. The SMILES string of the molecule is Cc1cc(C)cc([SiH](c2cc(C)ccc2C)c2ccccc2Cl)c1. The van der Waals surface area contributed by atoms with E-state index in [-0.39, 0.29) is 0 Å². The predicted octanol–water partition coefficient (Wildman–Crippen LogP) is 3.82. The first kappa shape index (κ1) is 17.0. The van der Waals surface area contributed by atoms with Gasteiger partial charge >= 0.3 is 0 Å². The number of aryl methyl sites for hydroxylation is 4. The summed E-state index contributed by atoms with van der Waals surface area (Å²) in [6.45, 7) is 8.74. The van der Waals surface area contributed by atoms with Gasteiger partial charge in [-0.05, 0) is 44.1 Å². The van der Waals surface area contributed by atoms with E-state index in [1.54, 1.807) is 0 Å². The molecule has 0 nitrogen and oxygen atoms in total. The van der Waals surface area contributed by atoms with Crippen LogP contribution in [0.15, 0.2) is 60.7 Å². The monoisotopic (exact) mass is 350 g/mol. The molecule has 0 spiro atoms. The van der Waals surface area contributed by atoms with Gasteiger partial charge < -0.3 is 0 Å². The van der Waals surface area contributed by atoms with Crippen molar-refractivity contribution in [3.8, 4) is 0 Å². The van der Waals surface area contributed by atoms with E-state index in [4.69, 9.17) is 11.6 Å². The summed E-state index contributed by atoms with van der Waals surface area (Å²) < 4.78 is 0. The predicted molar refractivity (Wildman–Crippen MR) is 109 cm³/mol. The van der Waals surface area contributed by atoms with Gasteiger partial charge in [0.25, 0.3) is 0 Å². The van der Waals surface area contributed by atoms with E-state index in [2.05, 4.69) is 76.2 Å². The van der Waals surface area contributed by atoms with Gasteiger partial charge in [-0.25, -0.2) is 0 Å². The summed E-state index contributed by atoms with van der Waals surface area (Å²) in [4.78, 5) is 0. The van der Waals surface area contributed by atoms with E-state index >= 15 is 0 Å². The molecule has 2 heteroatoms. The summed E-state index contributed by atoms with van der Waals surface area (Å²) in [7, 11) is -1.60. The molecular weight excluding hydrogens is 328 g/mol. The van der Waals surface area contributed by atoms with Crippen molar-refractivity contribution in [1.82, 2.24) is 0 Å². The van der Waals surface area contributed by atoms with Crippen molar-refractivity contribution in [3.05, 3.63) is 87.9 Å². The molecule has 3 rings (SSSR count). The lowest BCUT2D eigenvalue weighted by molar-refractivity contribution is 1.40. The van der Waals surface area contributed by atoms with Gasteiger partial charge in [0.2, 0.25) is 0 Å². The number of benzene rings is 3. The lowest BCUT2D eigenvalue weighted by Crippen LogP contribution is -2.53. The fourth-order valence-corrected chi connectivity index (χ4v) is 7.52. The molecule has 0 N–H and O–H groups in total. The normalized spacial score (nSPS) is 12.2. The average molecular weight is 351 g/mol. The third-order valence-corrected chi connectivity index (χ3v) is 8.44. The summed E-state index contributed by atoms with van der Waals surface area (Å²) in [5.74, 6) is 0. The Kier molecular flexibility index (Phi) is 4.93. The van der Waals surface area contributed by atoms with Crippen LogP contribution in [0.5, 0.6) is 0 Å². The van der Waals surface area contributed by atoms with Crippen molar-refractivity contribution < 1.29 is 0 Å². The smallest absolute Gasteiger partial charge is 0.0845 e. The highest BCUT2D eigenvalue weighted by molar-refractivity contribution is 6.96. The maximum Gasteiger partial charge on any atom is 0.135 e. The van der Waals surface area contributed by atoms with Crippen LogP contribution in [-0.4, -0.2) is 8.80 Å². The van der Waals surface area contributed by atoms with Gasteiger partial charge in [-0.2, -0.15) is 0 Å². The molecule has 0 aliphatic heterocycles. The van der Waals surface area contributed by atoms with Gasteiger partial charge in [-0.15, -0.1) is 0 Å². The van der Waals surface area contributed by atoms with Crippen LogP contribution in [0.4, 0.5) is 0 Å². The van der Waals surface area contributed by atoms with Crippen molar-refractivity contribution in [1.29, 1.82) is 0 Å². The Morgan fingerprint density at radius 1 is 0.667 bits per heavy atom. The molecule has 1 atom stereocenters. The second-order valence-corrected chi connectivity index (χ2v) is 9.92. The first-order chi connectivity index (χ1) is 11.5. The van der Waals surface area contributed by atoms with Crippen LogP contribution in [0.25, 0.3) is 0 Å². The molecule has 0 aliphatic rings. The summed E-state index contributed by atoms with van der Waals surface area (Å²) in [5.41, 5.74) is 5.31. The molecule has 0 heterocycles. The van der Waals surface area contributed by atoms with Crippen molar-refractivity contribution in [2.24, 2.45) is 0 Å². The van der Waals surface area contributed by atoms with E-state index in [0.717, 1.165) is 5.02 Å². The molecule has 0 saturated heterocycles. The second kappa shape index (κ2) is 6.96. The molecular formula is C22H23ClSi. The van der Waals surface area contributed by atoms with E-state index in [9.17, 15) is 0 Å². The molecule has 0 bridgehead atoms. The van der Waals surface area contributed by atoms with Crippen LogP contribution in [0.1, 0.15) is 22.3 Å². The molecule has 0 amide bonds. The van der Waals surface area contributed by atoms with Crippen molar-refractivity contribution in [2.45, 2.75) is 27.7 Å². The summed E-state index contributed by atoms with van der Waals surface area (Å²) >= 11 is 6.63. The fraction of sp³-hybridized carbons (Fsp3) is 0.182. The Morgan fingerprint density at radius 3 is 2.00 bits per heavy atom. The molecule has 0 radical (unpaired) electrons. The number of rotatable bonds is 3. The minimum absolute atomic E-state index is 0.884. The second-order valence-electron chi connectivity index (χ2n) is 6.74. The maximum absolute atomic E-state index is 6.63. The van der Waals surface area contributed by atoms with E-state index in [0.29, 0.717) is 0 Å². The van der Waals surface area contributed by atoms with Gasteiger partial charge in [0, 0.05) is 5.02 Å². The molecule has 0 aliphatic carbocycles. The average Bonchev–Trinajstić information content (AvgIpc) is 2.52. The van der Waals surface area contributed by atoms with Crippen molar-refractivity contribution in [3.63, 3.8) is 0 Å². The van der Waals surface area contributed by atoms with Crippen molar-refractivity contribution in [2.75, 3.05) is 0 Å². The first-order valence-corrected chi connectivity index (χ1v) is 10.5. The quantitative estimate of drug-likeness (QED) is 0.497. The number of hydrogen-bond donors (Lipinski definition) is 0. The Morgan fingerprint density at radius 2 is 1.33 bits per heavy atom. The summed E-state index contributed by atoms with van der Waals surface area (Å²) in [6.07, 6.45) is 0. The van der Waals surface area contributed by atoms with Gasteiger partial charge in [0.1, 0.15) is 8.80 Å². The van der Waals surface area contributed by atoms with E-state index in [1.165, 1.54) is 37.8 Å². The van der Waals surface area contributed by atoms with Crippen LogP contribution in [-0.2, 0) is 0 Å². The molecule has 3 aromatic carbocycles. The molecule has 0 saturated carbocycles. The highest BCUT2D eigenvalue weighted by atomic mass is 35.5. The third kappa shape index (κ3) is 3.48. The Balaban J connectivity index is 2.29. The van der Waals surface area contributed by atoms with Crippen LogP contribution in [0.3, 0.4) is 0 Å². The van der Waals surface area contributed by atoms with Crippen LogP contribution in [0, 0.1) is 27.7 Å². The van der Waals surface area contributed by atoms with Gasteiger partial charge in [-0.3, -0.25) is 0 Å². The molecule has 3 aromatic rings. The maximum atomic E-state index is 6.63. The Bertz CT molecular complexity index is 863. The zero-order valence-electron chi connectivity index (χ0n) is 14.7. The van der Waals surface area contributed by atoms with Gasteiger partial charge in [0.05, 0.1) is 0 Å². The fourth-order valence-electron chi connectivity index (χ4n) is 3.48. The van der Waals surface area contributed by atoms with E-state index < -0.39 is 8.80 Å². The Hall–Kier alpha value is -1.83. The minimum Gasteiger partial charge on any atom is -0.0845 e. The number of halogens is 1. The topological polar surface area (TPSA) is 0 Å². The molecule has 0 fully saturated rings. The molecule has 0 aromatic heterocycles. The van der Waals surface area contributed by atoms with Crippen LogP contribution >= 0.6 is 11.6 Å². The summed E-state index contributed by atoms with van der Waals surface area (Å²) in [6, 6.07) is 22.1.